The minimum atomic E-state index is -1.21. The fraction of sp³-hybridized carbons (Fsp3) is 0.333. The molecule has 0 spiro atoms. The number of nitrogens with two attached hydrogens (primary N) is 1. The molecule has 0 fully saturated rings. The van der Waals surface area contributed by atoms with Gasteiger partial charge in [-0.25, -0.2) is 4.39 Å². The summed E-state index contributed by atoms with van der Waals surface area (Å²) >= 11 is 5.98. The minimum absolute atomic E-state index is 0.213. The molecular formula is C27H37ClF2N6O2. The zero-order chi connectivity index (χ0) is 28.9. The van der Waals surface area contributed by atoms with Gasteiger partial charge in [0.2, 0.25) is 11.8 Å². The Balaban J connectivity index is 0.000000727. The van der Waals surface area contributed by atoms with Crippen molar-refractivity contribution in [3.8, 4) is 0 Å². The Morgan fingerprint density at radius 2 is 2.00 bits per heavy atom. The first-order valence-electron chi connectivity index (χ1n) is 11.7. The third kappa shape index (κ3) is 14.2. The lowest BCUT2D eigenvalue weighted by Gasteiger charge is -2.12. The van der Waals surface area contributed by atoms with E-state index >= 15 is 0 Å². The second kappa shape index (κ2) is 20.4. The molecule has 0 bridgehead atoms. The molecule has 8 nitrogen and oxygen atoms in total. The van der Waals surface area contributed by atoms with Crippen molar-refractivity contribution in [3.05, 3.63) is 83.6 Å². The van der Waals surface area contributed by atoms with Gasteiger partial charge in [0.15, 0.2) is 0 Å². The number of halogens is 3. The maximum Gasteiger partial charge on any atom is 0.242 e. The second-order valence-corrected chi connectivity index (χ2v) is 7.97. The molecule has 0 saturated carbocycles. The van der Waals surface area contributed by atoms with Crippen LogP contribution in [0.3, 0.4) is 0 Å². The predicted octanol–water partition coefficient (Wildman–Crippen LogP) is 5.03. The van der Waals surface area contributed by atoms with E-state index in [4.69, 9.17) is 22.1 Å². The number of hydrogen-bond donors (Lipinski definition) is 3. The van der Waals surface area contributed by atoms with E-state index in [1.807, 2.05) is 44.2 Å². The molecule has 1 aromatic carbocycles. The Kier molecular flexibility index (Phi) is 18.5. The van der Waals surface area contributed by atoms with Crippen molar-refractivity contribution in [2.24, 2.45) is 21.0 Å². The van der Waals surface area contributed by atoms with E-state index in [1.165, 1.54) is 13.0 Å². The summed E-state index contributed by atoms with van der Waals surface area (Å²) in [4.78, 5) is 11.3. The van der Waals surface area contributed by atoms with Gasteiger partial charge in [0.05, 0.1) is 40.9 Å². The number of allylic oxidation sites excluding steroid dienone is 5. The number of nitrogens with one attached hydrogen (secondary N) is 2. The van der Waals surface area contributed by atoms with Crippen molar-refractivity contribution in [3.63, 3.8) is 0 Å². The summed E-state index contributed by atoms with van der Waals surface area (Å²) in [7, 11) is 0.500. The zero-order valence-electron chi connectivity index (χ0n) is 22.4. The van der Waals surface area contributed by atoms with Gasteiger partial charge in [-0.1, -0.05) is 48.5 Å². The molecule has 1 amide bonds. The van der Waals surface area contributed by atoms with E-state index in [1.54, 1.807) is 31.2 Å². The molecule has 38 heavy (non-hydrogen) atoms. The first-order chi connectivity index (χ1) is 18.2. The molecule has 4 N–H and O–H groups in total. The van der Waals surface area contributed by atoms with Crippen LogP contribution in [0, 0.1) is 0 Å². The highest BCUT2D eigenvalue weighted by Gasteiger charge is 2.12. The van der Waals surface area contributed by atoms with Crippen LogP contribution in [0.2, 0.25) is 5.02 Å². The lowest BCUT2D eigenvalue weighted by atomic mass is 10.2. The van der Waals surface area contributed by atoms with Crippen LogP contribution in [0.1, 0.15) is 33.3 Å². The highest BCUT2D eigenvalue weighted by Crippen LogP contribution is 2.17. The van der Waals surface area contributed by atoms with Crippen molar-refractivity contribution < 1.29 is 18.3 Å². The number of carbonyl (C=O) groups excluding carboxylic acids is 1. The topological polar surface area (TPSA) is 113 Å². The number of benzene rings is 1. The Morgan fingerprint density at radius 1 is 1.32 bits per heavy atom. The van der Waals surface area contributed by atoms with E-state index in [0.717, 1.165) is 11.3 Å². The van der Waals surface area contributed by atoms with Gasteiger partial charge >= 0.3 is 0 Å². The number of hydrazone groups is 1. The second-order valence-electron chi connectivity index (χ2n) is 7.56. The lowest BCUT2D eigenvalue weighted by molar-refractivity contribution is -0.121. The molecule has 2 unspecified atom stereocenters. The number of hydrogen-bond acceptors (Lipinski definition) is 7. The average Bonchev–Trinajstić information content (AvgIpc) is 2.91. The van der Waals surface area contributed by atoms with E-state index in [0.29, 0.717) is 36.9 Å². The van der Waals surface area contributed by atoms with Crippen molar-refractivity contribution >= 4 is 34.8 Å². The molecule has 0 aromatic heterocycles. The predicted molar refractivity (Wildman–Crippen MR) is 154 cm³/mol. The number of nitrogens with zero attached hydrogens (tertiary/aromatic N) is 3. The van der Waals surface area contributed by atoms with Crippen LogP contribution in [0.5, 0.6) is 0 Å². The van der Waals surface area contributed by atoms with Crippen LogP contribution in [-0.2, 0) is 9.53 Å². The lowest BCUT2D eigenvalue weighted by Crippen LogP contribution is -2.38. The van der Waals surface area contributed by atoms with Crippen molar-refractivity contribution in [2.45, 2.75) is 39.9 Å². The molecule has 11 heteroatoms. The van der Waals surface area contributed by atoms with Gasteiger partial charge < -0.3 is 15.8 Å². The largest absolute Gasteiger partial charge is 0.470 e. The fourth-order valence-electron chi connectivity index (χ4n) is 2.39. The highest BCUT2D eigenvalue weighted by molar-refractivity contribution is 6.33. The summed E-state index contributed by atoms with van der Waals surface area (Å²) < 4.78 is 28.1. The summed E-state index contributed by atoms with van der Waals surface area (Å²) in [6, 6.07) is 6.86. The number of carbonyl (C=O) groups is 1. The Hall–Kier alpha value is -3.63. The summed E-state index contributed by atoms with van der Waals surface area (Å²) in [5.74, 6) is 0.260. The molecule has 2 rings (SSSR count). The van der Waals surface area contributed by atoms with Crippen molar-refractivity contribution in [2.75, 3.05) is 20.3 Å². The summed E-state index contributed by atoms with van der Waals surface area (Å²) in [5, 5.41) is 15.1. The maximum absolute atomic E-state index is 13.2. The van der Waals surface area contributed by atoms with Crippen LogP contribution >= 0.6 is 11.6 Å². The third-order valence-electron chi connectivity index (χ3n) is 4.34. The van der Waals surface area contributed by atoms with Crippen molar-refractivity contribution in [1.82, 2.24) is 10.7 Å². The Labute approximate surface area is 228 Å². The van der Waals surface area contributed by atoms with E-state index in [-0.39, 0.29) is 11.6 Å². The first-order valence-corrected chi connectivity index (χ1v) is 12.1. The van der Waals surface area contributed by atoms with Crippen LogP contribution in [0.4, 0.5) is 8.78 Å². The zero-order valence-corrected chi connectivity index (χ0v) is 23.2. The van der Waals surface area contributed by atoms with E-state index in [2.05, 4.69) is 32.6 Å². The van der Waals surface area contributed by atoms with Gasteiger partial charge in [0.25, 0.3) is 0 Å². The van der Waals surface area contributed by atoms with E-state index < -0.39 is 12.2 Å². The molecule has 1 aliphatic heterocycles. The van der Waals surface area contributed by atoms with Crippen LogP contribution in [-0.4, -0.2) is 55.8 Å². The quantitative estimate of drug-likeness (QED) is 0.215. The maximum atomic E-state index is 13.2. The number of rotatable bonds is 10. The summed E-state index contributed by atoms with van der Waals surface area (Å²) in [6.07, 6.45) is 9.06. The fourth-order valence-corrected chi connectivity index (χ4v) is 2.61. The standard InChI is InChI=1S/C16H25FN4O.C10H9ClN2O.CH3F/c1-5-7-9-14(20-21-15(6-2)12(3)17)10-8-11-19-16(22)13(4)18;1-7-6-14-10(13-12-7)8-4-2-3-5-9(8)11;1-2/h5-10,12-13,20H,2,11,18H2,1,3-4H3,(H,19,22);2-5H,6H2,1H3;1H3/b7-5-,10-8+,14-9+,21-15+;;. The van der Waals surface area contributed by atoms with E-state index in [9.17, 15) is 13.6 Å². The Bertz CT molecular complexity index is 1060. The summed E-state index contributed by atoms with van der Waals surface area (Å²) in [6.45, 7) is 11.1. The normalized spacial score (nSPS) is 15.1. The molecule has 208 valence electrons. The van der Waals surface area contributed by atoms with Crippen LogP contribution < -0.4 is 16.5 Å². The number of ether oxygens (including phenoxy) is 1. The molecule has 0 saturated heterocycles. The molecule has 0 aliphatic carbocycles. The number of amides is 1. The van der Waals surface area contributed by atoms with Gasteiger partial charge in [-0.05, 0) is 58.1 Å². The third-order valence-corrected chi connectivity index (χ3v) is 4.67. The molecule has 2 atom stereocenters. The summed E-state index contributed by atoms with van der Waals surface area (Å²) in [5.41, 5.74) is 10.7. The smallest absolute Gasteiger partial charge is 0.242 e. The monoisotopic (exact) mass is 550 g/mol. The Morgan fingerprint density at radius 3 is 2.53 bits per heavy atom. The van der Waals surface area contributed by atoms with Crippen LogP contribution in [0.25, 0.3) is 0 Å². The van der Waals surface area contributed by atoms with Gasteiger partial charge in [0, 0.05) is 6.54 Å². The molecule has 1 aliphatic rings. The van der Waals surface area contributed by atoms with Gasteiger partial charge in [0.1, 0.15) is 12.8 Å². The van der Waals surface area contributed by atoms with Crippen molar-refractivity contribution in [1.29, 1.82) is 0 Å². The van der Waals surface area contributed by atoms with Gasteiger partial charge in [-0.2, -0.15) is 10.2 Å². The minimum Gasteiger partial charge on any atom is -0.470 e. The van der Waals surface area contributed by atoms with Crippen LogP contribution in [0.15, 0.2) is 88.3 Å². The molecule has 1 aromatic rings. The van der Waals surface area contributed by atoms with Gasteiger partial charge in [-0.15, -0.1) is 5.10 Å². The highest BCUT2D eigenvalue weighted by atomic mass is 35.5. The number of alkyl halides is 2. The molecular weight excluding hydrogens is 514 g/mol. The first kappa shape index (κ1) is 34.4. The molecule has 0 radical (unpaired) electrons. The SMILES string of the molecule is C=C/C(=N\NC(/C=C/CNC(=O)C(C)N)=C/C=C\C)C(C)F.CC1=NN=C(c2ccccc2Cl)OC1.CF. The van der Waals surface area contributed by atoms with Gasteiger partial charge in [-0.3, -0.25) is 14.6 Å². The molecule has 1 heterocycles. The average molecular weight is 551 g/mol.